The second-order valence-electron chi connectivity index (χ2n) is 6.22. The SMILES string of the molecule is COc1ccc2c(c1)CN(Cc1cnn(-c3ccccc3)c1)CC2. The van der Waals surface area contributed by atoms with Gasteiger partial charge in [0.25, 0.3) is 0 Å². The third-order valence-electron chi connectivity index (χ3n) is 4.57. The van der Waals surface area contributed by atoms with Gasteiger partial charge in [-0.2, -0.15) is 5.10 Å². The summed E-state index contributed by atoms with van der Waals surface area (Å²) in [7, 11) is 1.72. The fourth-order valence-corrected chi connectivity index (χ4v) is 3.28. The summed E-state index contributed by atoms with van der Waals surface area (Å²) < 4.78 is 7.29. The molecular formula is C20H21N3O. The summed E-state index contributed by atoms with van der Waals surface area (Å²) in [5.41, 5.74) is 5.14. The zero-order chi connectivity index (χ0) is 16.4. The van der Waals surface area contributed by atoms with Crippen LogP contribution in [0.25, 0.3) is 5.69 Å². The number of methoxy groups -OCH3 is 1. The summed E-state index contributed by atoms with van der Waals surface area (Å²) >= 11 is 0. The Morgan fingerprint density at radius 1 is 1.08 bits per heavy atom. The third-order valence-corrected chi connectivity index (χ3v) is 4.57. The van der Waals surface area contributed by atoms with E-state index in [1.54, 1.807) is 7.11 Å². The fraction of sp³-hybridized carbons (Fsp3) is 0.250. The van der Waals surface area contributed by atoms with Crippen LogP contribution in [0, 0.1) is 0 Å². The number of para-hydroxylation sites is 1. The van der Waals surface area contributed by atoms with Gasteiger partial charge in [0.15, 0.2) is 0 Å². The standard InChI is InChI=1S/C20H21N3O/c1-24-20-8-7-17-9-10-22(15-18(17)11-20)13-16-12-21-23(14-16)19-5-3-2-4-6-19/h2-8,11-12,14H,9-10,13,15H2,1H3. The van der Waals surface area contributed by atoms with Gasteiger partial charge in [0, 0.05) is 31.4 Å². The average Bonchev–Trinajstić information content (AvgIpc) is 3.10. The molecule has 0 radical (unpaired) electrons. The van der Waals surface area contributed by atoms with E-state index < -0.39 is 0 Å². The maximum atomic E-state index is 5.35. The smallest absolute Gasteiger partial charge is 0.119 e. The van der Waals surface area contributed by atoms with E-state index in [9.17, 15) is 0 Å². The van der Waals surface area contributed by atoms with Gasteiger partial charge >= 0.3 is 0 Å². The summed E-state index contributed by atoms with van der Waals surface area (Å²) in [6.45, 7) is 2.96. The second kappa shape index (κ2) is 6.49. The van der Waals surface area contributed by atoms with Crippen molar-refractivity contribution in [3.05, 3.63) is 77.6 Å². The topological polar surface area (TPSA) is 30.3 Å². The zero-order valence-electron chi connectivity index (χ0n) is 13.9. The molecule has 1 aliphatic rings. The van der Waals surface area contributed by atoms with Crippen molar-refractivity contribution in [2.75, 3.05) is 13.7 Å². The minimum atomic E-state index is 0.920. The Hall–Kier alpha value is -2.59. The molecule has 2 heterocycles. The molecular weight excluding hydrogens is 298 g/mol. The van der Waals surface area contributed by atoms with Crippen LogP contribution in [-0.2, 0) is 19.5 Å². The van der Waals surface area contributed by atoms with Gasteiger partial charge in [-0.1, -0.05) is 24.3 Å². The van der Waals surface area contributed by atoms with Crippen molar-refractivity contribution in [3.8, 4) is 11.4 Å². The summed E-state index contributed by atoms with van der Waals surface area (Å²) in [6, 6.07) is 16.6. The summed E-state index contributed by atoms with van der Waals surface area (Å²) in [6.07, 6.45) is 5.18. The predicted octanol–water partition coefficient (Wildman–Crippen LogP) is 3.44. The van der Waals surface area contributed by atoms with E-state index in [-0.39, 0.29) is 0 Å². The van der Waals surface area contributed by atoms with Gasteiger partial charge in [-0.25, -0.2) is 4.68 Å². The lowest BCUT2D eigenvalue weighted by atomic mass is 9.99. The predicted molar refractivity (Wildman–Crippen MR) is 94.4 cm³/mol. The van der Waals surface area contributed by atoms with Crippen LogP contribution < -0.4 is 4.74 Å². The molecule has 4 nitrogen and oxygen atoms in total. The maximum absolute atomic E-state index is 5.35. The Labute approximate surface area is 142 Å². The van der Waals surface area contributed by atoms with Gasteiger partial charge in [-0.05, 0) is 41.8 Å². The molecule has 0 saturated heterocycles. The summed E-state index contributed by atoms with van der Waals surface area (Å²) in [5.74, 6) is 0.937. The number of benzene rings is 2. The minimum absolute atomic E-state index is 0.920. The van der Waals surface area contributed by atoms with Crippen molar-refractivity contribution < 1.29 is 4.74 Å². The van der Waals surface area contributed by atoms with Gasteiger partial charge in [0.2, 0.25) is 0 Å². The number of ether oxygens (including phenoxy) is 1. The largest absolute Gasteiger partial charge is 0.497 e. The molecule has 24 heavy (non-hydrogen) atoms. The molecule has 0 N–H and O–H groups in total. The van der Waals surface area contributed by atoms with Gasteiger partial charge in [-0.3, -0.25) is 4.90 Å². The molecule has 0 aliphatic carbocycles. The van der Waals surface area contributed by atoms with Crippen molar-refractivity contribution in [1.29, 1.82) is 0 Å². The van der Waals surface area contributed by atoms with Crippen molar-refractivity contribution >= 4 is 0 Å². The first-order valence-electron chi connectivity index (χ1n) is 8.29. The molecule has 4 heteroatoms. The van der Waals surface area contributed by atoms with E-state index in [2.05, 4.69) is 46.5 Å². The number of fused-ring (bicyclic) bond motifs is 1. The molecule has 122 valence electrons. The lowest BCUT2D eigenvalue weighted by Gasteiger charge is -2.28. The minimum Gasteiger partial charge on any atom is -0.497 e. The van der Waals surface area contributed by atoms with Crippen LogP contribution in [-0.4, -0.2) is 28.3 Å². The second-order valence-corrected chi connectivity index (χ2v) is 6.22. The molecule has 0 amide bonds. The van der Waals surface area contributed by atoms with Crippen LogP contribution in [0.1, 0.15) is 16.7 Å². The third kappa shape index (κ3) is 3.05. The van der Waals surface area contributed by atoms with Crippen LogP contribution in [0.4, 0.5) is 0 Å². The van der Waals surface area contributed by atoms with Crippen LogP contribution in [0.3, 0.4) is 0 Å². The molecule has 1 aliphatic heterocycles. The van der Waals surface area contributed by atoms with Gasteiger partial charge < -0.3 is 4.74 Å². The first kappa shape index (κ1) is 15.0. The quantitative estimate of drug-likeness (QED) is 0.738. The average molecular weight is 319 g/mol. The monoisotopic (exact) mass is 319 g/mol. The van der Waals surface area contributed by atoms with Crippen LogP contribution in [0.5, 0.6) is 5.75 Å². The van der Waals surface area contributed by atoms with Crippen LogP contribution in [0.15, 0.2) is 60.9 Å². The lowest BCUT2D eigenvalue weighted by molar-refractivity contribution is 0.245. The first-order valence-corrected chi connectivity index (χ1v) is 8.29. The molecule has 0 bridgehead atoms. The Morgan fingerprint density at radius 2 is 1.96 bits per heavy atom. The molecule has 0 unspecified atom stereocenters. The molecule has 0 atom stereocenters. The highest BCUT2D eigenvalue weighted by Crippen LogP contribution is 2.24. The van der Waals surface area contributed by atoms with Crippen LogP contribution >= 0.6 is 0 Å². The molecule has 4 rings (SSSR count). The van der Waals surface area contributed by atoms with E-state index in [4.69, 9.17) is 4.74 Å². The summed E-state index contributed by atoms with van der Waals surface area (Å²) in [5, 5.41) is 4.49. The Kier molecular flexibility index (Phi) is 4.05. The molecule has 1 aromatic heterocycles. The van der Waals surface area contributed by atoms with E-state index in [1.165, 1.54) is 16.7 Å². The van der Waals surface area contributed by atoms with Crippen LogP contribution in [0.2, 0.25) is 0 Å². The lowest BCUT2D eigenvalue weighted by Crippen LogP contribution is -2.29. The normalized spacial score (nSPS) is 14.4. The first-order chi connectivity index (χ1) is 11.8. The number of nitrogens with zero attached hydrogens (tertiary/aromatic N) is 3. The molecule has 3 aromatic rings. The van der Waals surface area contributed by atoms with E-state index >= 15 is 0 Å². The van der Waals surface area contributed by atoms with Crippen molar-refractivity contribution in [1.82, 2.24) is 14.7 Å². The zero-order valence-corrected chi connectivity index (χ0v) is 13.9. The Bertz CT molecular complexity index is 826. The Morgan fingerprint density at radius 3 is 2.79 bits per heavy atom. The molecule has 0 fully saturated rings. The van der Waals surface area contributed by atoms with E-state index in [0.29, 0.717) is 0 Å². The summed E-state index contributed by atoms with van der Waals surface area (Å²) in [4.78, 5) is 2.47. The van der Waals surface area contributed by atoms with Gasteiger partial charge in [0.05, 0.1) is 19.0 Å². The molecule has 0 saturated carbocycles. The fourth-order valence-electron chi connectivity index (χ4n) is 3.28. The number of aromatic nitrogens is 2. The highest BCUT2D eigenvalue weighted by Gasteiger charge is 2.17. The van der Waals surface area contributed by atoms with Crippen molar-refractivity contribution in [2.45, 2.75) is 19.5 Å². The highest BCUT2D eigenvalue weighted by atomic mass is 16.5. The van der Waals surface area contributed by atoms with Crippen molar-refractivity contribution in [3.63, 3.8) is 0 Å². The maximum Gasteiger partial charge on any atom is 0.119 e. The van der Waals surface area contributed by atoms with Crippen molar-refractivity contribution in [2.24, 2.45) is 0 Å². The number of hydrogen-bond acceptors (Lipinski definition) is 3. The van der Waals surface area contributed by atoms with Gasteiger partial charge in [0.1, 0.15) is 5.75 Å². The molecule has 0 spiro atoms. The number of rotatable bonds is 4. The van der Waals surface area contributed by atoms with E-state index in [1.807, 2.05) is 29.1 Å². The number of hydrogen-bond donors (Lipinski definition) is 0. The van der Waals surface area contributed by atoms with E-state index in [0.717, 1.165) is 37.5 Å². The highest BCUT2D eigenvalue weighted by molar-refractivity contribution is 5.37. The van der Waals surface area contributed by atoms with Gasteiger partial charge in [-0.15, -0.1) is 0 Å². The Balaban J connectivity index is 1.47. The molecule has 2 aromatic carbocycles.